The van der Waals surface area contributed by atoms with Crippen LogP contribution in [0.15, 0.2) is 36.7 Å². The summed E-state index contributed by atoms with van der Waals surface area (Å²) in [5, 5.41) is 5.11. The molecule has 0 amide bonds. The van der Waals surface area contributed by atoms with Gasteiger partial charge in [-0.3, -0.25) is 4.79 Å². The van der Waals surface area contributed by atoms with Crippen molar-refractivity contribution in [2.45, 2.75) is 20.8 Å². The molecule has 0 radical (unpaired) electrons. The predicted molar refractivity (Wildman–Crippen MR) is 90.4 cm³/mol. The molecule has 6 nitrogen and oxygen atoms in total. The minimum atomic E-state index is -0.409. The van der Waals surface area contributed by atoms with Gasteiger partial charge in [-0.15, -0.1) is 0 Å². The fourth-order valence-corrected chi connectivity index (χ4v) is 2.45. The average molecular weight is 343 g/mol. The van der Waals surface area contributed by atoms with Gasteiger partial charge in [0, 0.05) is 17.5 Å². The van der Waals surface area contributed by atoms with Gasteiger partial charge in [-0.2, -0.15) is 5.10 Å². The topological polar surface area (TPSA) is 69.9 Å². The van der Waals surface area contributed by atoms with Gasteiger partial charge in [-0.25, -0.2) is 14.6 Å². The van der Waals surface area contributed by atoms with Crippen molar-refractivity contribution in [3.8, 4) is 22.7 Å². The SMILES string of the molecule is CC(=O)Oc1c(C)nn(-c2cnc(C)nc2)c1-c1ccc(Cl)cc1. The van der Waals surface area contributed by atoms with E-state index >= 15 is 0 Å². The van der Waals surface area contributed by atoms with Gasteiger partial charge in [0.25, 0.3) is 0 Å². The maximum atomic E-state index is 11.5. The molecule has 0 unspecified atom stereocenters. The third kappa shape index (κ3) is 3.14. The van der Waals surface area contributed by atoms with E-state index in [2.05, 4.69) is 15.1 Å². The molecule has 0 saturated heterocycles. The summed E-state index contributed by atoms with van der Waals surface area (Å²) >= 11 is 5.97. The Morgan fingerprint density at radius 3 is 2.33 bits per heavy atom. The minimum Gasteiger partial charge on any atom is -0.422 e. The maximum Gasteiger partial charge on any atom is 0.308 e. The summed E-state index contributed by atoms with van der Waals surface area (Å²) in [6.07, 6.45) is 3.34. The van der Waals surface area contributed by atoms with Crippen molar-refractivity contribution in [1.82, 2.24) is 19.7 Å². The first-order chi connectivity index (χ1) is 11.5. The van der Waals surface area contributed by atoms with E-state index in [9.17, 15) is 4.79 Å². The molecule has 0 aliphatic rings. The normalized spacial score (nSPS) is 10.7. The fourth-order valence-electron chi connectivity index (χ4n) is 2.32. The van der Waals surface area contributed by atoms with E-state index in [1.54, 1.807) is 36.1 Å². The molecule has 0 bridgehead atoms. The first-order valence-electron chi connectivity index (χ1n) is 7.28. The van der Waals surface area contributed by atoms with Gasteiger partial charge in [0.15, 0.2) is 5.75 Å². The molecule has 2 heterocycles. The van der Waals surface area contributed by atoms with Crippen molar-refractivity contribution in [2.75, 3.05) is 0 Å². The number of carbonyl (C=O) groups is 1. The average Bonchev–Trinajstić information content (AvgIpc) is 2.85. The summed E-state index contributed by atoms with van der Waals surface area (Å²) in [4.78, 5) is 19.9. The molecular weight excluding hydrogens is 328 g/mol. The highest BCUT2D eigenvalue weighted by atomic mass is 35.5. The predicted octanol–water partition coefficient (Wildman–Crippen LogP) is 3.52. The number of nitrogens with zero attached hydrogens (tertiary/aromatic N) is 4. The minimum absolute atomic E-state index is 0.408. The molecule has 2 aromatic heterocycles. The Labute approximate surface area is 144 Å². The molecule has 1 aromatic carbocycles. The van der Waals surface area contributed by atoms with Crippen molar-refractivity contribution in [1.29, 1.82) is 0 Å². The third-order valence-electron chi connectivity index (χ3n) is 3.38. The zero-order chi connectivity index (χ0) is 17.3. The van der Waals surface area contributed by atoms with Crippen LogP contribution in [-0.4, -0.2) is 25.7 Å². The molecule has 24 heavy (non-hydrogen) atoms. The summed E-state index contributed by atoms with van der Waals surface area (Å²) in [6, 6.07) is 7.23. The van der Waals surface area contributed by atoms with Crippen molar-refractivity contribution in [3.05, 3.63) is 53.2 Å². The summed E-state index contributed by atoms with van der Waals surface area (Å²) < 4.78 is 7.05. The molecule has 3 aromatic rings. The molecule has 0 aliphatic heterocycles. The van der Waals surface area contributed by atoms with E-state index in [4.69, 9.17) is 16.3 Å². The highest BCUT2D eigenvalue weighted by Crippen LogP contribution is 2.35. The lowest BCUT2D eigenvalue weighted by Gasteiger charge is -2.09. The highest BCUT2D eigenvalue weighted by Gasteiger charge is 2.21. The van der Waals surface area contributed by atoms with Crippen molar-refractivity contribution in [3.63, 3.8) is 0 Å². The largest absolute Gasteiger partial charge is 0.422 e. The molecule has 3 rings (SSSR count). The van der Waals surface area contributed by atoms with Crippen LogP contribution in [0.1, 0.15) is 18.4 Å². The fraction of sp³-hybridized carbons (Fsp3) is 0.176. The summed E-state index contributed by atoms with van der Waals surface area (Å²) in [7, 11) is 0. The second-order valence-corrected chi connectivity index (χ2v) is 5.70. The molecule has 0 saturated carbocycles. The monoisotopic (exact) mass is 342 g/mol. The van der Waals surface area contributed by atoms with Gasteiger partial charge >= 0.3 is 5.97 Å². The van der Waals surface area contributed by atoms with Gasteiger partial charge < -0.3 is 4.74 Å². The second-order valence-electron chi connectivity index (χ2n) is 5.26. The lowest BCUT2D eigenvalue weighted by molar-refractivity contribution is -0.131. The van der Waals surface area contributed by atoms with E-state index in [0.717, 1.165) is 5.56 Å². The van der Waals surface area contributed by atoms with Crippen molar-refractivity contribution < 1.29 is 9.53 Å². The molecule has 7 heteroatoms. The van der Waals surface area contributed by atoms with E-state index in [1.807, 2.05) is 19.1 Å². The number of halogens is 1. The molecule has 0 N–H and O–H groups in total. The van der Waals surface area contributed by atoms with E-state index in [-0.39, 0.29) is 0 Å². The Kier molecular flexibility index (Phi) is 4.31. The van der Waals surface area contributed by atoms with Crippen LogP contribution in [0, 0.1) is 13.8 Å². The van der Waals surface area contributed by atoms with Crippen LogP contribution in [0.25, 0.3) is 16.9 Å². The molecule has 0 spiro atoms. The van der Waals surface area contributed by atoms with E-state index < -0.39 is 5.97 Å². The van der Waals surface area contributed by atoms with Gasteiger partial charge in [0.2, 0.25) is 0 Å². The van der Waals surface area contributed by atoms with Gasteiger partial charge in [-0.05, 0) is 26.0 Å². The van der Waals surface area contributed by atoms with Crippen LogP contribution >= 0.6 is 11.6 Å². The number of aromatic nitrogens is 4. The lowest BCUT2D eigenvalue weighted by atomic mass is 10.1. The molecule has 0 fully saturated rings. The third-order valence-corrected chi connectivity index (χ3v) is 3.63. The van der Waals surface area contributed by atoms with Crippen LogP contribution in [0.3, 0.4) is 0 Å². The number of hydrogen-bond donors (Lipinski definition) is 0. The van der Waals surface area contributed by atoms with Gasteiger partial charge in [0.1, 0.15) is 22.9 Å². The number of aryl methyl sites for hydroxylation is 2. The number of benzene rings is 1. The Morgan fingerprint density at radius 1 is 1.12 bits per heavy atom. The zero-order valence-electron chi connectivity index (χ0n) is 13.4. The molecule has 122 valence electrons. The van der Waals surface area contributed by atoms with E-state index in [0.29, 0.717) is 33.7 Å². The Bertz CT molecular complexity index is 886. The Balaban J connectivity index is 2.23. The van der Waals surface area contributed by atoms with Crippen molar-refractivity contribution >= 4 is 17.6 Å². The van der Waals surface area contributed by atoms with E-state index in [1.165, 1.54) is 6.92 Å². The Hall–Kier alpha value is -2.73. The quantitative estimate of drug-likeness (QED) is 0.681. The van der Waals surface area contributed by atoms with Crippen LogP contribution in [-0.2, 0) is 4.79 Å². The summed E-state index contributed by atoms with van der Waals surface area (Å²) in [5.41, 5.74) is 2.73. The second kappa shape index (κ2) is 6.41. The van der Waals surface area contributed by atoms with Gasteiger partial charge in [0.05, 0.1) is 12.4 Å². The first-order valence-corrected chi connectivity index (χ1v) is 7.66. The first kappa shape index (κ1) is 16.1. The van der Waals surface area contributed by atoms with Crippen LogP contribution in [0.4, 0.5) is 0 Å². The number of esters is 1. The van der Waals surface area contributed by atoms with Crippen LogP contribution in [0.5, 0.6) is 5.75 Å². The van der Waals surface area contributed by atoms with Crippen LogP contribution < -0.4 is 4.74 Å². The van der Waals surface area contributed by atoms with Crippen molar-refractivity contribution in [2.24, 2.45) is 0 Å². The Morgan fingerprint density at radius 2 is 1.75 bits per heavy atom. The lowest BCUT2D eigenvalue weighted by Crippen LogP contribution is -2.05. The maximum absolute atomic E-state index is 11.5. The number of rotatable bonds is 3. The molecular formula is C17H15ClN4O2. The number of hydrogen-bond acceptors (Lipinski definition) is 5. The highest BCUT2D eigenvalue weighted by molar-refractivity contribution is 6.30. The van der Waals surface area contributed by atoms with Gasteiger partial charge in [-0.1, -0.05) is 23.7 Å². The standard InChI is InChI=1S/C17H15ClN4O2/c1-10-17(24-12(3)23)16(13-4-6-14(18)7-5-13)22(21-10)15-8-19-11(2)20-9-15/h4-9H,1-3H3. The summed E-state index contributed by atoms with van der Waals surface area (Å²) in [5.74, 6) is 0.661. The number of ether oxygens (including phenoxy) is 1. The number of carbonyl (C=O) groups excluding carboxylic acids is 1. The van der Waals surface area contributed by atoms with Crippen LogP contribution in [0.2, 0.25) is 5.02 Å². The molecule has 0 aliphatic carbocycles. The molecule has 0 atom stereocenters. The summed E-state index contributed by atoms with van der Waals surface area (Å²) in [6.45, 7) is 4.95. The smallest absolute Gasteiger partial charge is 0.308 e. The zero-order valence-corrected chi connectivity index (χ0v) is 14.2.